The molecule has 2 nitrogen and oxygen atoms in total. The zero-order valence-corrected chi connectivity index (χ0v) is 7.44. The molecule has 0 radical (unpaired) electrons. The Hall–Kier alpha value is -0.530. The van der Waals surface area contributed by atoms with Crippen LogP contribution in [0.3, 0.4) is 0 Å². The molecule has 0 aromatic carbocycles. The van der Waals surface area contributed by atoms with E-state index in [1.54, 1.807) is 0 Å². The first-order valence-electron chi connectivity index (χ1n) is 3.91. The van der Waals surface area contributed by atoms with Gasteiger partial charge in [-0.3, -0.25) is 0 Å². The molecule has 0 saturated carbocycles. The van der Waals surface area contributed by atoms with Crippen LogP contribution in [0.2, 0.25) is 0 Å². The summed E-state index contributed by atoms with van der Waals surface area (Å²) in [5, 5.41) is 4.06. The van der Waals surface area contributed by atoms with Gasteiger partial charge in [0.1, 0.15) is 0 Å². The maximum absolute atomic E-state index is 4.06. The SMILES string of the molecule is CC/C=N\NC(C)(C)CC. The monoisotopic (exact) mass is 142 g/mol. The molecule has 0 rings (SSSR count). The molecule has 0 aliphatic heterocycles. The number of nitrogens with zero attached hydrogens (tertiary/aromatic N) is 1. The van der Waals surface area contributed by atoms with Crippen LogP contribution in [0.15, 0.2) is 5.10 Å². The third-order valence-corrected chi connectivity index (χ3v) is 1.52. The fourth-order valence-electron chi connectivity index (χ4n) is 0.391. The molecule has 10 heavy (non-hydrogen) atoms. The molecular formula is C8H18N2. The van der Waals surface area contributed by atoms with E-state index in [0.717, 1.165) is 12.8 Å². The fourth-order valence-corrected chi connectivity index (χ4v) is 0.391. The summed E-state index contributed by atoms with van der Waals surface area (Å²) in [5.41, 5.74) is 3.22. The Bertz CT molecular complexity index is 106. The average molecular weight is 142 g/mol. The molecule has 0 amide bonds. The lowest BCUT2D eigenvalue weighted by Crippen LogP contribution is -2.34. The van der Waals surface area contributed by atoms with E-state index in [9.17, 15) is 0 Å². The van der Waals surface area contributed by atoms with Crippen LogP contribution in [0.25, 0.3) is 0 Å². The summed E-state index contributed by atoms with van der Waals surface area (Å²) < 4.78 is 0. The summed E-state index contributed by atoms with van der Waals surface area (Å²) >= 11 is 0. The summed E-state index contributed by atoms with van der Waals surface area (Å²) in [4.78, 5) is 0. The van der Waals surface area contributed by atoms with Gasteiger partial charge < -0.3 is 5.43 Å². The van der Waals surface area contributed by atoms with Gasteiger partial charge in [-0.1, -0.05) is 13.8 Å². The topological polar surface area (TPSA) is 24.4 Å². The first kappa shape index (κ1) is 9.47. The van der Waals surface area contributed by atoms with Crippen molar-refractivity contribution < 1.29 is 0 Å². The lowest BCUT2D eigenvalue weighted by atomic mass is 10.0. The van der Waals surface area contributed by atoms with Gasteiger partial charge in [-0.15, -0.1) is 0 Å². The minimum Gasteiger partial charge on any atom is -0.305 e. The van der Waals surface area contributed by atoms with Gasteiger partial charge >= 0.3 is 0 Å². The van der Waals surface area contributed by atoms with Crippen molar-refractivity contribution >= 4 is 6.21 Å². The third-order valence-electron chi connectivity index (χ3n) is 1.52. The number of hydrazone groups is 1. The molecule has 0 fully saturated rings. The normalized spacial score (nSPS) is 12.4. The molecule has 0 spiro atoms. The van der Waals surface area contributed by atoms with E-state index in [4.69, 9.17) is 0 Å². The molecule has 0 bridgehead atoms. The second-order valence-corrected chi connectivity index (χ2v) is 3.07. The molecule has 0 aliphatic rings. The Morgan fingerprint density at radius 2 is 2.00 bits per heavy atom. The van der Waals surface area contributed by atoms with Crippen molar-refractivity contribution in [2.24, 2.45) is 5.10 Å². The smallest absolute Gasteiger partial charge is 0.0490 e. The Labute approximate surface area is 63.7 Å². The zero-order chi connectivity index (χ0) is 8.04. The minimum absolute atomic E-state index is 0.145. The molecule has 0 aliphatic carbocycles. The van der Waals surface area contributed by atoms with E-state index in [0.29, 0.717) is 0 Å². The van der Waals surface area contributed by atoms with E-state index >= 15 is 0 Å². The van der Waals surface area contributed by atoms with Crippen LogP contribution < -0.4 is 5.43 Å². The van der Waals surface area contributed by atoms with E-state index in [1.807, 2.05) is 6.21 Å². The van der Waals surface area contributed by atoms with Gasteiger partial charge in [0.15, 0.2) is 0 Å². The van der Waals surface area contributed by atoms with Crippen molar-refractivity contribution in [3.05, 3.63) is 0 Å². The van der Waals surface area contributed by atoms with Gasteiger partial charge in [-0.05, 0) is 26.7 Å². The van der Waals surface area contributed by atoms with Gasteiger partial charge in [0.2, 0.25) is 0 Å². The van der Waals surface area contributed by atoms with Gasteiger partial charge in [0, 0.05) is 11.8 Å². The van der Waals surface area contributed by atoms with Crippen LogP contribution >= 0.6 is 0 Å². The van der Waals surface area contributed by atoms with Crippen LogP contribution in [-0.4, -0.2) is 11.8 Å². The summed E-state index contributed by atoms with van der Waals surface area (Å²) in [6, 6.07) is 0. The molecule has 1 N–H and O–H groups in total. The number of rotatable bonds is 4. The van der Waals surface area contributed by atoms with Crippen molar-refractivity contribution in [1.82, 2.24) is 5.43 Å². The lowest BCUT2D eigenvalue weighted by Gasteiger charge is -2.21. The van der Waals surface area contributed by atoms with Crippen LogP contribution in [0.5, 0.6) is 0 Å². The molecular weight excluding hydrogens is 124 g/mol. The molecule has 0 heterocycles. The number of nitrogens with one attached hydrogen (secondary N) is 1. The summed E-state index contributed by atoms with van der Waals surface area (Å²) in [6.45, 7) is 8.50. The highest BCUT2D eigenvalue weighted by Gasteiger charge is 2.11. The quantitative estimate of drug-likeness (QED) is 0.472. The molecule has 0 unspecified atom stereocenters. The minimum atomic E-state index is 0.145. The second kappa shape index (κ2) is 4.31. The predicted octanol–water partition coefficient (Wildman–Crippen LogP) is 2.16. The zero-order valence-electron chi connectivity index (χ0n) is 7.44. The second-order valence-electron chi connectivity index (χ2n) is 3.07. The van der Waals surface area contributed by atoms with Crippen molar-refractivity contribution in [1.29, 1.82) is 0 Å². The molecule has 0 saturated heterocycles. The first-order valence-corrected chi connectivity index (χ1v) is 3.91. The van der Waals surface area contributed by atoms with Gasteiger partial charge in [-0.25, -0.2) is 0 Å². The van der Waals surface area contributed by atoms with E-state index in [2.05, 4.69) is 38.2 Å². The van der Waals surface area contributed by atoms with Crippen molar-refractivity contribution in [3.63, 3.8) is 0 Å². The predicted molar refractivity (Wildman–Crippen MR) is 46.3 cm³/mol. The maximum Gasteiger partial charge on any atom is 0.0490 e. The summed E-state index contributed by atoms with van der Waals surface area (Å²) in [7, 11) is 0. The van der Waals surface area contributed by atoms with Crippen LogP contribution in [0.1, 0.15) is 40.5 Å². The van der Waals surface area contributed by atoms with E-state index < -0.39 is 0 Å². The highest BCUT2D eigenvalue weighted by atomic mass is 15.3. The van der Waals surface area contributed by atoms with Crippen LogP contribution in [0, 0.1) is 0 Å². The Morgan fingerprint density at radius 3 is 2.40 bits per heavy atom. The molecule has 60 valence electrons. The van der Waals surface area contributed by atoms with Gasteiger partial charge in [-0.2, -0.15) is 5.10 Å². The Morgan fingerprint density at radius 1 is 1.40 bits per heavy atom. The highest BCUT2D eigenvalue weighted by Crippen LogP contribution is 2.05. The summed E-state index contributed by atoms with van der Waals surface area (Å²) in [5.74, 6) is 0. The molecule has 2 heteroatoms. The standard InChI is InChI=1S/C8H18N2/c1-5-7-9-10-8(3,4)6-2/h7,10H,5-6H2,1-4H3/b9-7-. The largest absolute Gasteiger partial charge is 0.305 e. The Balaban J connectivity index is 3.56. The summed E-state index contributed by atoms with van der Waals surface area (Å²) in [6.07, 6.45) is 3.97. The van der Waals surface area contributed by atoms with Crippen LogP contribution in [0.4, 0.5) is 0 Å². The fraction of sp³-hybridized carbons (Fsp3) is 0.875. The highest BCUT2D eigenvalue weighted by molar-refractivity contribution is 5.56. The van der Waals surface area contributed by atoms with E-state index in [-0.39, 0.29) is 5.54 Å². The van der Waals surface area contributed by atoms with Crippen LogP contribution in [-0.2, 0) is 0 Å². The van der Waals surface area contributed by atoms with Crippen molar-refractivity contribution in [2.45, 2.75) is 46.1 Å². The number of hydrogen-bond donors (Lipinski definition) is 1. The average Bonchev–Trinajstić information content (AvgIpc) is 1.89. The third kappa shape index (κ3) is 4.36. The van der Waals surface area contributed by atoms with E-state index in [1.165, 1.54) is 0 Å². The van der Waals surface area contributed by atoms with Gasteiger partial charge in [0.25, 0.3) is 0 Å². The van der Waals surface area contributed by atoms with Crippen molar-refractivity contribution in [2.75, 3.05) is 0 Å². The molecule has 0 atom stereocenters. The maximum atomic E-state index is 4.06. The van der Waals surface area contributed by atoms with Crippen molar-refractivity contribution in [3.8, 4) is 0 Å². The molecule has 0 aromatic heterocycles. The Kier molecular flexibility index (Phi) is 4.08. The first-order chi connectivity index (χ1) is 4.62. The van der Waals surface area contributed by atoms with Gasteiger partial charge in [0.05, 0.1) is 0 Å². The molecule has 0 aromatic rings. The number of hydrogen-bond acceptors (Lipinski definition) is 2. The lowest BCUT2D eigenvalue weighted by molar-refractivity contribution is 0.388.